The summed E-state index contributed by atoms with van der Waals surface area (Å²) in [5.74, 6) is 0. The van der Waals surface area contributed by atoms with E-state index in [1.54, 1.807) is 42.5 Å². The van der Waals surface area contributed by atoms with Crippen LogP contribution >= 0.6 is 0 Å². The van der Waals surface area contributed by atoms with Crippen molar-refractivity contribution in [3.8, 4) is 0 Å². The molecule has 0 amide bonds. The van der Waals surface area contributed by atoms with E-state index in [0.29, 0.717) is 15.6 Å². The molecule has 0 aromatic heterocycles. The second-order valence-electron chi connectivity index (χ2n) is 9.09. The van der Waals surface area contributed by atoms with Gasteiger partial charge in [0.2, 0.25) is 0 Å². The first-order valence-electron chi connectivity index (χ1n) is 12.1. The Morgan fingerprint density at radius 1 is 0.872 bits per heavy atom. The van der Waals surface area contributed by atoms with Gasteiger partial charge in [0.1, 0.15) is 0 Å². The SMILES string of the molecule is Cc1ccc(S(=O)(=O)/C(=C(\[Se]c2ccccc2)c2ccccc2)C(C)(O)/C=C/c2ccc([N+](=O)[O-])cc2)cc1. The molecule has 0 bridgehead atoms. The number of non-ortho nitro benzene ring substituents is 1. The van der Waals surface area contributed by atoms with Gasteiger partial charge in [0.25, 0.3) is 0 Å². The Morgan fingerprint density at radius 2 is 1.44 bits per heavy atom. The fraction of sp³-hybridized carbons (Fsp3) is 0.0968. The molecule has 0 fully saturated rings. The Morgan fingerprint density at radius 3 is 2.00 bits per heavy atom. The molecule has 0 heterocycles. The predicted molar refractivity (Wildman–Crippen MR) is 156 cm³/mol. The summed E-state index contributed by atoms with van der Waals surface area (Å²) >= 11 is -0.471. The minimum atomic E-state index is -4.16. The first kappa shape index (κ1) is 28.2. The van der Waals surface area contributed by atoms with E-state index in [1.807, 2.05) is 67.6 Å². The third-order valence-electron chi connectivity index (χ3n) is 5.97. The first-order chi connectivity index (χ1) is 18.6. The Bertz CT molecular complexity index is 1610. The molecule has 4 aromatic carbocycles. The van der Waals surface area contributed by atoms with E-state index in [2.05, 4.69) is 0 Å². The van der Waals surface area contributed by atoms with Crippen molar-refractivity contribution in [2.75, 3.05) is 0 Å². The number of benzene rings is 4. The molecular weight excluding hydrogens is 577 g/mol. The Labute approximate surface area is 234 Å². The molecule has 1 unspecified atom stereocenters. The van der Waals surface area contributed by atoms with E-state index >= 15 is 0 Å². The van der Waals surface area contributed by atoms with Crippen molar-refractivity contribution in [1.82, 2.24) is 0 Å². The topological polar surface area (TPSA) is 97.5 Å². The molecule has 4 rings (SSSR count). The van der Waals surface area contributed by atoms with Crippen LogP contribution in [0.15, 0.2) is 125 Å². The van der Waals surface area contributed by atoms with Crippen LogP contribution in [-0.2, 0) is 9.84 Å². The molecule has 6 nitrogen and oxygen atoms in total. The molecule has 0 saturated heterocycles. The molecule has 4 aromatic rings. The second kappa shape index (κ2) is 11.9. The predicted octanol–water partition coefficient (Wildman–Crippen LogP) is 5.54. The summed E-state index contributed by atoms with van der Waals surface area (Å²) in [6.07, 6.45) is 3.01. The number of hydrogen-bond donors (Lipinski definition) is 1. The molecule has 39 heavy (non-hydrogen) atoms. The molecule has 1 N–H and O–H groups in total. The Hall–Kier alpha value is -3.81. The number of nitro groups is 1. The van der Waals surface area contributed by atoms with Crippen molar-refractivity contribution in [3.63, 3.8) is 0 Å². The first-order valence-corrected chi connectivity index (χ1v) is 15.3. The van der Waals surface area contributed by atoms with Crippen LogP contribution < -0.4 is 4.46 Å². The Kier molecular flexibility index (Phi) is 8.63. The van der Waals surface area contributed by atoms with Gasteiger partial charge >= 0.3 is 235 Å². The summed E-state index contributed by atoms with van der Waals surface area (Å²) in [5.41, 5.74) is 0.242. The van der Waals surface area contributed by atoms with Gasteiger partial charge in [0.15, 0.2) is 0 Å². The number of nitro benzene ring substituents is 1. The summed E-state index contributed by atoms with van der Waals surface area (Å²) in [5, 5.41) is 22.9. The molecule has 0 aliphatic carbocycles. The summed E-state index contributed by atoms with van der Waals surface area (Å²) in [6.45, 7) is 3.34. The maximum atomic E-state index is 14.3. The number of hydrogen-bond acceptors (Lipinski definition) is 5. The van der Waals surface area contributed by atoms with Crippen molar-refractivity contribution >= 4 is 45.5 Å². The monoisotopic (exact) mass is 605 g/mol. The van der Waals surface area contributed by atoms with Crippen molar-refractivity contribution in [1.29, 1.82) is 0 Å². The molecule has 1 atom stereocenters. The molecule has 0 saturated carbocycles. The second-order valence-corrected chi connectivity index (χ2v) is 13.2. The normalized spacial score (nSPS) is 14.0. The van der Waals surface area contributed by atoms with Gasteiger partial charge in [-0.25, -0.2) is 0 Å². The maximum absolute atomic E-state index is 14.3. The van der Waals surface area contributed by atoms with Gasteiger partial charge in [-0.15, -0.1) is 0 Å². The number of rotatable bonds is 9. The molecule has 8 heteroatoms. The van der Waals surface area contributed by atoms with Gasteiger partial charge in [-0.05, 0) is 0 Å². The Balaban J connectivity index is 1.95. The summed E-state index contributed by atoms with van der Waals surface area (Å²) in [6, 6.07) is 31.2. The zero-order valence-electron chi connectivity index (χ0n) is 21.4. The van der Waals surface area contributed by atoms with Gasteiger partial charge in [0, 0.05) is 0 Å². The minimum absolute atomic E-state index is 0.0571. The third-order valence-corrected chi connectivity index (χ3v) is 10.7. The van der Waals surface area contributed by atoms with E-state index in [4.69, 9.17) is 0 Å². The van der Waals surface area contributed by atoms with Crippen molar-refractivity contribution in [2.24, 2.45) is 0 Å². The van der Waals surface area contributed by atoms with Crippen molar-refractivity contribution < 1.29 is 18.4 Å². The summed E-state index contributed by atoms with van der Waals surface area (Å²) in [4.78, 5) is 10.5. The average Bonchev–Trinajstić information content (AvgIpc) is 2.93. The van der Waals surface area contributed by atoms with Crippen LogP contribution in [0, 0.1) is 17.0 Å². The van der Waals surface area contributed by atoms with Crippen LogP contribution in [0.5, 0.6) is 0 Å². The van der Waals surface area contributed by atoms with E-state index < -0.39 is 35.3 Å². The summed E-state index contributed by atoms with van der Waals surface area (Å²) < 4.78 is 30.1. The van der Waals surface area contributed by atoms with Crippen LogP contribution in [0.1, 0.15) is 23.6 Å². The zero-order valence-corrected chi connectivity index (χ0v) is 23.9. The van der Waals surface area contributed by atoms with Gasteiger partial charge in [-0.2, -0.15) is 0 Å². The molecule has 0 aliphatic heterocycles. The van der Waals surface area contributed by atoms with E-state index in [-0.39, 0.29) is 15.5 Å². The third kappa shape index (κ3) is 6.80. The van der Waals surface area contributed by atoms with Gasteiger partial charge in [-0.3, -0.25) is 0 Å². The zero-order chi connectivity index (χ0) is 28.0. The number of aryl methyl sites for hydroxylation is 1. The van der Waals surface area contributed by atoms with Crippen LogP contribution in [0.4, 0.5) is 5.69 Å². The van der Waals surface area contributed by atoms with Gasteiger partial charge in [-0.1, -0.05) is 0 Å². The quantitative estimate of drug-likeness (QED) is 0.154. The van der Waals surface area contributed by atoms with Crippen LogP contribution in [0.2, 0.25) is 0 Å². The molecule has 0 spiro atoms. The van der Waals surface area contributed by atoms with Crippen LogP contribution in [-0.4, -0.2) is 39.0 Å². The molecular formula is C31H27NO5SSe. The van der Waals surface area contributed by atoms with Gasteiger partial charge in [0.05, 0.1) is 0 Å². The number of sulfone groups is 1. The van der Waals surface area contributed by atoms with Gasteiger partial charge < -0.3 is 0 Å². The van der Waals surface area contributed by atoms with Crippen LogP contribution in [0.25, 0.3) is 10.5 Å². The van der Waals surface area contributed by atoms with Crippen molar-refractivity contribution in [3.05, 3.63) is 147 Å². The van der Waals surface area contributed by atoms with Crippen molar-refractivity contribution in [2.45, 2.75) is 24.3 Å². The molecule has 0 radical (unpaired) electrons. The summed E-state index contributed by atoms with van der Waals surface area (Å²) in [7, 11) is -4.16. The number of aliphatic hydroxyl groups is 1. The fourth-order valence-electron chi connectivity index (χ4n) is 3.93. The molecule has 198 valence electrons. The standard InChI is InChI=1S/C31H27NO5SSe/c1-23-13-19-27(20-14-23)38(36,37)30(31(2,33)22-21-24-15-17-26(18-16-24)32(34)35)29(25-9-5-3-6-10-25)39-28-11-7-4-8-12-28/h3-22,33H,1-2H3/b22-21+,30-29-. The average molecular weight is 605 g/mol. The van der Waals surface area contributed by atoms with Crippen LogP contribution in [0.3, 0.4) is 0 Å². The van der Waals surface area contributed by atoms with E-state index in [0.717, 1.165) is 10.0 Å². The number of nitrogens with zero attached hydrogens (tertiary/aromatic N) is 1. The van der Waals surface area contributed by atoms with E-state index in [1.165, 1.54) is 25.1 Å². The fourth-order valence-corrected chi connectivity index (χ4v) is 8.81. The van der Waals surface area contributed by atoms with E-state index in [9.17, 15) is 23.6 Å². The molecule has 0 aliphatic rings.